The summed E-state index contributed by atoms with van der Waals surface area (Å²) >= 11 is 0. The third-order valence-electron chi connectivity index (χ3n) is 1.49. The van der Waals surface area contributed by atoms with Crippen LogP contribution in [0.3, 0.4) is 0 Å². The molecule has 1 aliphatic carbocycles. The minimum atomic E-state index is -0.664. The number of rotatable bonds is 1. The largest absolute Gasteiger partial charge is 0.481 e. The van der Waals surface area contributed by atoms with Crippen LogP contribution < -0.4 is 0 Å². The molecule has 0 aromatic rings. The van der Waals surface area contributed by atoms with Crippen molar-refractivity contribution in [1.82, 2.24) is 0 Å². The van der Waals surface area contributed by atoms with Crippen molar-refractivity contribution in [3.8, 4) is 0 Å². The van der Waals surface area contributed by atoms with Gasteiger partial charge in [0.05, 0.1) is 5.92 Å². The van der Waals surface area contributed by atoms with Gasteiger partial charge in [0.2, 0.25) is 0 Å². The molecule has 2 nitrogen and oxygen atoms in total. The lowest BCUT2D eigenvalue weighted by Gasteiger charge is -1.96. The first-order chi connectivity index (χ1) is 3.80. The van der Waals surface area contributed by atoms with Crippen LogP contribution >= 0.6 is 0 Å². The van der Waals surface area contributed by atoms with E-state index in [9.17, 15) is 4.79 Å². The molecule has 45 valence electrons. The van der Waals surface area contributed by atoms with Crippen LogP contribution in [0.25, 0.3) is 0 Å². The molecule has 0 aliphatic heterocycles. The fourth-order valence-corrected chi connectivity index (χ4v) is 0.999. The van der Waals surface area contributed by atoms with Crippen molar-refractivity contribution >= 4 is 5.97 Å². The molecule has 0 spiro atoms. The highest BCUT2D eigenvalue weighted by Crippen LogP contribution is 2.23. The highest BCUT2D eigenvalue weighted by Gasteiger charge is 2.21. The molecule has 1 unspecified atom stereocenters. The first-order valence-corrected chi connectivity index (χ1v) is 2.87. The van der Waals surface area contributed by atoms with Gasteiger partial charge in [-0.15, -0.1) is 0 Å². The Balaban J connectivity index is 2.35. The Morgan fingerprint density at radius 1 is 1.75 bits per heavy atom. The fourth-order valence-electron chi connectivity index (χ4n) is 0.999. The minimum Gasteiger partial charge on any atom is -0.481 e. The molecule has 1 atom stereocenters. The first-order valence-electron chi connectivity index (χ1n) is 2.87. The molecule has 1 radical (unpaired) electrons. The number of carbonyl (C=O) groups is 1. The number of carboxylic acid groups (broad SMARTS) is 1. The van der Waals surface area contributed by atoms with Gasteiger partial charge in [0.25, 0.3) is 0 Å². The molecule has 1 rings (SSSR count). The van der Waals surface area contributed by atoms with E-state index in [2.05, 4.69) is 0 Å². The van der Waals surface area contributed by atoms with Crippen molar-refractivity contribution in [2.24, 2.45) is 5.92 Å². The molecule has 1 saturated carbocycles. The Hall–Kier alpha value is -0.530. The zero-order valence-electron chi connectivity index (χ0n) is 4.63. The molecule has 0 heterocycles. The minimum absolute atomic E-state index is 0.144. The Bertz CT molecular complexity index is 92.7. The lowest BCUT2D eigenvalue weighted by atomic mass is 10.1. The maximum absolute atomic E-state index is 10.2. The standard InChI is InChI=1S/C6H9O2/c7-6(8)5-3-1-2-4-5/h3,5H,1-2,4H2,(H,7,8). The van der Waals surface area contributed by atoms with E-state index < -0.39 is 5.97 Å². The molecule has 0 saturated heterocycles. The zero-order chi connectivity index (χ0) is 5.98. The lowest BCUT2D eigenvalue weighted by Crippen LogP contribution is -2.08. The van der Waals surface area contributed by atoms with Gasteiger partial charge >= 0.3 is 5.97 Å². The number of carboxylic acids is 1. The molecule has 0 aromatic carbocycles. The van der Waals surface area contributed by atoms with Gasteiger partial charge in [-0.1, -0.05) is 6.42 Å². The van der Waals surface area contributed by atoms with Crippen LogP contribution in [0.5, 0.6) is 0 Å². The van der Waals surface area contributed by atoms with Gasteiger partial charge in [-0.3, -0.25) is 4.79 Å². The topological polar surface area (TPSA) is 37.3 Å². The number of hydrogen-bond donors (Lipinski definition) is 1. The summed E-state index contributed by atoms with van der Waals surface area (Å²) in [5.74, 6) is -0.808. The molecular weight excluding hydrogens is 104 g/mol. The highest BCUT2D eigenvalue weighted by molar-refractivity contribution is 5.71. The molecule has 0 aromatic heterocycles. The van der Waals surface area contributed by atoms with Crippen LogP contribution in [-0.4, -0.2) is 11.1 Å². The molecule has 1 N–H and O–H groups in total. The van der Waals surface area contributed by atoms with Gasteiger partial charge in [0.15, 0.2) is 0 Å². The smallest absolute Gasteiger partial charge is 0.306 e. The molecule has 0 amide bonds. The van der Waals surface area contributed by atoms with E-state index >= 15 is 0 Å². The van der Waals surface area contributed by atoms with E-state index in [0.717, 1.165) is 19.3 Å². The maximum Gasteiger partial charge on any atom is 0.306 e. The molecule has 2 heteroatoms. The third kappa shape index (κ3) is 0.997. The van der Waals surface area contributed by atoms with Gasteiger partial charge in [-0.2, -0.15) is 0 Å². The molecule has 0 bridgehead atoms. The highest BCUT2D eigenvalue weighted by atomic mass is 16.4. The molecule has 1 aliphatic rings. The quantitative estimate of drug-likeness (QED) is 0.552. The van der Waals surface area contributed by atoms with Crippen molar-refractivity contribution in [1.29, 1.82) is 0 Å². The Kier molecular flexibility index (Phi) is 1.51. The summed E-state index contributed by atoms with van der Waals surface area (Å²) in [6.45, 7) is 0. The lowest BCUT2D eigenvalue weighted by molar-refractivity contribution is -0.140. The van der Waals surface area contributed by atoms with E-state index in [4.69, 9.17) is 5.11 Å². The summed E-state index contributed by atoms with van der Waals surface area (Å²) in [4.78, 5) is 10.2. The van der Waals surface area contributed by atoms with E-state index in [1.807, 2.05) is 6.42 Å². The van der Waals surface area contributed by atoms with E-state index in [1.165, 1.54) is 0 Å². The van der Waals surface area contributed by atoms with Crippen molar-refractivity contribution in [2.75, 3.05) is 0 Å². The second-order valence-corrected chi connectivity index (χ2v) is 2.11. The first kappa shape index (κ1) is 5.60. The Morgan fingerprint density at radius 3 is 2.75 bits per heavy atom. The predicted octanol–water partition coefficient (Wildman–Crippen LogP) is 1.08. The van der Waals surface area contributed by atoms with Crippen molar-refractivity contribution in [2.45, 2.75) is 19.3 Å². The van der Waals surface area contributed by atoms with E-state index in [1.54, 1.807) is 0 Å². The van der Waals surface area contributed by atoms with Gasteiger partial charge in [0, 0.05) is 0 Å². The Labute approximate surface area is 48.5 Å². The summed E-state index contributed by atoms with van der Waals surface area (Å²) in [5.41, 5.74) is 0. The SMILES string of the molecule is O=C(O)C1[CH]CCC1. The van der Waals surface area contributed by atoms with E-state index in [0.29, 0.717) is 0 Å². The third-order valence-corrected chi connectivity index (χ3v) is 1.49. The summed E-state index contributed by atoms with van der Waals surface area (Å²) in [6, 6.07) is 0. The summed E-state index contributed by atoms with van der Waals surface area (Å²) in [7, 11) is 0. The average molecular weight is 113 g/mol. The Morgan fingerprint density at radius 2 is 2.50 bits per heavy atom. The second kappa shape index (κ2) is 2.16. The normalized spacial score (nSPS) is 21.5. The molecule has 1 fully saturated rings. The van der Waals surface area contributed by atoms with E-state index in [-0.39, 0.29) is 5.92 Å². The predicted molar refractivity (Wildman–Crippen MR) is 29.3 cm³/mol. The van der Waals surface area contributed by atoms with Crippen LogP contribution in [0, 0.1) is 12.3 Å². The number of hydrogen-bond acceptors (Lipinski definition) is 1. The van der Waals surface area contributed by atoms with Gasteiger partial charge in [0.1, 0.15) is 0 Å². The maximum atomic E-state index is 10.2. The van der Waals surface area contributed by atoms with Crippen LogP contribution in [0.15, 0.2) is 0 Å². The van der Waals surface area contributed by atoms with Gasteiger partial charge in [-0.25, -0.2) is 0 Å². The van der Waals surface area contributed by atoms with Gasteiger partial charge in [-0.05, 0) is 19.3 Å². The van der Waals surface area contributed by atoms with Crippen molar-refractivity contribution in [3.05, 3.63) is 6.42 Å². The molecule has 8 heavy (non-hydrogen) atoms. The van der Waals surface area contributed by atoms with Crippen molar-refractivity contribution in [3.63, 3.8) is 0 Å². The summed E-state index contributed by atoms with van der Waals surface area (Å²) in [6.07, 6.45) is 4.76. The fraction of sp³-hybridized carbons (Fsp3) is 0.667. The van der Waals surface area contributed by atoms with Crippen LogP contribution in [0.2, 0.25) is 0 Å². The van der Waals surface area contributed by atoms with Crippen LogP contribution in [-0.2, 0) is 4.79 Å². The van der Waals surface area contributed by atoms with Crippen molar-refractivity contribution < 1.29 is 9.90 Å². The monoisotopic (exact) mass is 113 g/mol. The van der Waals surface area contributed by atoms with Gasteiger partial charge < -0.3 is 5.11 Å². The summed E-state index contributed by atoms with van der Waals surface area (Å²) < 4.78 is 0. The number of aliphatic carboxylic acids is 1. The summed E-state index contributed by atoms with van der Waals surface area (Å²) in [5, 5.41) is 8.38. The van der Waals surface area contributed by atoms with Crippen LogP contribution in [0.4, 0.5) is 0 Å². The van der Waals surface area contributed by atoms with Crippen LogP contribution in [0.1, 0.15) is 19.3 Å². The second-order valence-electron chi connectivity index (χ2n) is 2.11. The zero-order valence-corrected chi connectivity index (χ0v) is 4.63. The average Bonchev–Trinajstić information content (AvgIpc) is 2.12. The molecular formula is C6H9O2.